The van der Waals surface area contributed by atoms with Crippen LogP contribution in [0.15, 0.2) is 61.2 Å². The Morgan fingerprint density at radius 1 is 1.00 bits per heavy atom. The number of nitrogens with one attached hydrogen (secondary N) is 2. The number of hydrogen-bond donors (Lipinski definition) is 2. The second-order valence-corrected chi connectivity index (χ2v) is 6.24. The summed E-state index contributed by atoms with van der Waals surface area (Å²) >= 11 is 0. The molecule has 0 atom stereocenters. The van der Waals surface area contributed by atoms with Crippen LogP contribution in [0, 0.1) is 0 Å². The molecule has 0 aliphatic rings. The zero-order chi connectivity index (χ0) is 18.4. The predicted molar refractivity (Wildman–Crippen MR) is 102 cm³/mol. The first-order valence-electron chi connectivity index (χ1n) is 8.48. The van der Waals surface area contributed by atoms with Crippen LogP contribution in [0.2, 0.25) is 0 Å². The molecule has 3 rings (SSSR count). The molecular weight excluding hydrogens is 326 g/mol. The van der Waals surface area contributed by atoms with Crippen LogP contribution in [0.5, 0.6) is 0 Å². The molecule has 0 spiro atoms. The Balaban J connectivity index is 1.58. The molecule has 2 heterocycles. The third-order valence-corrected chi connectivity index (χ3v) is 3.95. The van der Waals surface area contributed by atoms with Gasteiger partial charge in [0.05, 0.1) is 5.56 Å². The molecule has 132 valence electrons. The highest BCUT2D eigenvalue weighted by atomic mass is 16.1. The highest BCUT2D eigenvalue weighted by Crippen LogP contribution is 2.17. The van der Waals surface area contributed by atoms with E-state index in [1.54, 1.807) is 12.4 Å². The van der Waals surface area contributed by atoms with Crippen molar-refractivity contribution < 1.29 is 4.79 Å². The number of amides is 1. The van der Waals surface area contributed by atoms with Gasteiger partial charge >= 0.3 is 0 Å². The molecule has 6 nitrogen and oxygen atoms in total. The van der Waals surface area contributed by atoms with Crippen molar-refractivity contribution >= 4 is 17.5 Å². The van der Waals surface area contributed by atoms with E-state index >= 15 is 0 Å². The summed E-state index contributed by atoms with van der Waals surface area (Å²) in [4.78, 5) is 24.7. The van der Waals surface area contributed by atoms with Crippen molar-refractivity contribution in [1.29, 1.82) is 0 Å². The van der Waals surface area contributed by atoms with Crippen molar-refractivity contribution in [3.05, 3.63) is 77.9 Å². The number of hydrogen-bond acceptors (Lipinski definition) is 5. The highest BCUT2D eigenvalue weighted by Gasteiger charge is 2.08. The molecule has 0 bridgehead atoms. The number of carbonyl (C=O) groups excluding carboxylic acids is 1. The monoisotopic (exact) mass is 347 g/mol. The number of benzene rings is 1. The minimum absolute atomic E-state index is 0.233. The van der Waals surface area contributed by atoms with Crippen LogP contribution in [0.25, 0.3) is 0 Å². The molecule has 2 N–H and O–H groups in total. The molecule has 2 aromatic heterocycles. The minimum Gasteiger partial charge on any atom is -0.350 e. The van der Waals surface area contributed by atoms with E-state index in [1.165, 1.54) is 18.0 Å². The molecular formula is C20H21N5O. The van der Waals surface area contributed by atoms with Crippen LogP contribution in [0.3, 0.4) is 0 Å². The lowest BCUT2D eigenvalue weighted by Crippen LogP contribution is -2.13. The Hall–Kier alpha value is -3.28. The average Bonchev–Trinajstić information content (AvgIpc) is 2.68. The van der Waals surface area contributed by atoms with Crippen LogP contribution in [-0.2, 0) is 6.54 Å². The van der Waals surface area contributed by atoms with Crippen LogP contribution in [0.4, 0.5) is 11.6 Å². The van der Waals surface area contributed by atoms with Gasteiger partial charge in [0.25, 0.3) is 5.91 Å². The maximum Gasteiger partial charge on any atom is 0.258 e. The molecule has 1 amide bonds. The van der Waals surface area contributed by atoms with E-state index < -0.39 is 0 Å². The van der Waals surface area contributed by atoms with Gasteiger partial charge < -0.3 is 10.6 Å². The first-order valence-corrected chi connectivity index (χ1v) is 8.48. The van der Waals surface area contributed by atoms with Crippen molar-refractivity contribution in [2.24, 2.45) is 0 Å². The van der Waals surface area contributed by atoms with Gasteiger partial charge in [-0.05, 0) is 41.3 Å². The van der Waals surface area contributed by atoms with Crippen LogP contribution in [-0.4, -0.2) is 20.9 Å². The van der Waals surface area contributed by atoms with E-state index in [4.69, 9.17) is 0 Å². The first-order chi connectivity index (χ1) is 12.6. The molecule has 0 aliphatic heterocycles. The summed E-state index contributed by atoms with van der Waals surface area (Å²) in [6.07, 6.45) is 6.50. The summed E-state index contributed by atoms with van der Waals surface area (Å²) < 4.78 is 0. The molecule has 0 fully saturated rings. The van der Waals surface area contributed by atoms with Crippen LogP contribution < -0.4 is 10.6 Å². The van der Waals surface area contributed by atoms with Crippen molar-refractivity contribution in [2.75, 3.05) is 10.6 Å². The van der Waals surface area contributed by atoms with Gasteiger partial charge in [-0.25, -0.2) is 9.97 Å². The zero-order valence-electron chi connectivity index (χ0n) is 14.8. The first kappa shape index (κ1) is 17.5. The second-order valence-electron chi connectivity index (χ2n) is 6.24. The van der Waals surface area contributed by atoms with E-state index in [9.17, 15) is 4.79 Å². The Morgan fingerprint density at radius 3 is 2.27 bits per heavy atom. The Kier molecular flexibility index (Phi) is 5.53. The van der Waals surface area contributed by atoms with Gasteiger partial charge in [-0.2, -0.15) is 0 Å². The highest BCUT2D eigenvalue weighted by molar-refractivity contribution is 6.03. The van der Waals surface area contributed by atoms with Gasteiger partial charge in [-0.1, -0.05) is 26.0 Å². The number of rotatable bonds is 6. The third-order valence-electron chi connectivity index (χ3n) is 3.95. The summed E-state index contributed by atoms with van der Waals surface area (Å²) in [7, 11) is 0. The molecule has 6 heteroatoms. The van der Waals surface area contributed by atoms with E-state index in [0.717, 1.165) is 11.3 Å². The molecule has 0 saturated carbocycles. The normalized spacial score (nSPS) is 10.6. The average molecular weight is 347 g/mol. The Labute approximate surface area is 152 Å². The third kappa shape index (κ3) is 4.63. The summed E-state index contributed by atoms with van der Waals surface area (Å²) in [5, 5.41) is 5.97. The lowest BCUT2D eigenvalue weighted by molar-refractivity contribution is 0.102. The van der Waals surface area contributed by atoms with Crippen molar-refractivity contribution in [3.8, 4) is 0 Å². The standard InChI is InChI=1S/C20H21N5O/c1-14(2)16-3-5-18(6-4-16)25-19(26)17-12-23-20(24-13-17)22-11-15-7-9-21-10-8-15/h3-10,12-14H,11H2,1-2H3,(H,25,26)(H,22,23,24). The number of nitrogens with zero attached hydrogens (tertiary/aromatic N) is 3. The van der Waals surface area contributed by atoms with Gasteiger partial charge in [-0.15, -0.1) is 0 Å². The maximum atomic E-state index is 12.3. The Bertz CT molecular complexity index is 846. The van der Waals surface area contributed by atoms with E-state index in [1.807, 2.05) is 36.4 Å². The molecule has 26 heavy (non-hydrogen) atoms. The fourth-order valence-electron chi connectivity index (χ4n) is 2.37. The van der Waals surface area contributed by atoms with Crippen molar-refractivity contribution in [2.45, 2.75) is 26.3 Å². The summed E-state index contributed by atoms with van der Waals surface area (Å²) in [5.74, 6) is 0.697. The lowest BCUT2D eigenvalue weighted by atomic mass is 10.0. The maximum absolute atomic E-state index is 12.3. The van der Waals surface area contributed by atoms with Gasteiger partial charge in [0.1, 0.15) is 0 Å². The molecule has 0 saturated heterocycles. The van der Waals surface area contributed by atoms with Gasteiger partial charge in [-0.3, -0.25) is 9.78 Å². The fourth-order valence-corrected chi connectivity index (χ4v) is 2.37. The van der Waals surface area contributed by atoms with Gasteiger partial charge in [0.15, 0.2) is 0 Å². The van der Waals surface area contributed by atoms with Crippen molar-refractivity contribution in [1.82, 2.24) is 15.0 Å². The van der Waals surface area contributed by atoms with Gasteiger partial charge in [0.2, 0.25) is 5.95 Å². The molecule has 0 aliphatic carbocycles. The number of anilines is 2. The van der Waals surface area contributed by atoms with Crippen LogP contribution >= 0.6 is 0 Å². The molecule has 0 unspecified atom stereocenters. The minimum atomic E-state index is -0.233. The fraction of sp³-hybridized carbons (Fsp3) is 0.200. The number of carbonyl (C=O) groups is 1. The summed E-state index contributed by atoms with van der Waals surface area (Å²) in [5.41, 5.74) is 3.47. The second kappa shape index (κ2) is 8.20. The summed E-state index contributed by atoms with van der Waals surface area (Å²) in [6.45, 7) is 4.86. The topological polar surface area (TPSA) is 79.8 Å². The number of aromatic nitrogens is 3. The van der Waals surface area contributed by atoms with Crippen LogP contribution in [0.1, 0.15) is 41.3 Å². The molecule has 1 aromatic carbocycles. The lowest BCUT2D eigenvalue weighted by Gasteiger charge is -2.09. The molecule has 3 aromatic rings. The SMILES string of the molecule is CC(C)c1ccc(NC(=O)c2cnc(NCc3ccncc3)nc2)cc1. The smallest absolute Gasteiger partial charge is 0.258 e. The van der Waals surface area contributed by atoms with Gasteiger partial charge in [0, 0.05) is 37.0 Å². The quantitative estimate of drug-likeness (QED) is 0.708. The predicted octanol–water partition coefficient (Wildman–Crippen LogP) is 3.86. The molecule has 0 radical (unpaired) electrons. The van der Waals surface area contributed by atoms with E-state index in [-0.39, 0.29) is 5.91 Å². The zero-order valence-corrected chi connectivity index (χ0v) is 14.8. The van der Waals surface area contributed by atoms with E-state index in [0.29, 0.717) is 24.0 Å². The Morgan fingerprint density at radius 2 is 1.65 bits per heavy atom. The largest absolute Gasteiger partial charge is 0.350 e. The van der Waals surface area contributed by atoms with Crippen molar-refractivity contribution in [3.63, 3.8) is 0 Å². The summed E-state index contributed by atoms with van der Waals surface area (Å²) in [6, 6.07) is 11.7. The van der Waals surface area contributed by atoms with E-state index in [2.05, 4.69) is 39.4 Å². The number of pyridine rings is 1.